The highest BCUT2D eigenvalue weighted by Crippen LogP contribution is 2.23. The summed E-state index contributed by atoms with van der Waals surface area (Å²) >= 11 is 0. The van der Waals surface area contributed by atoms with Crippen molar-refractivity contribution in [2.45, 2.75) is 311 Å². The standard InChI is InChI=1S/C60H114N2O4/c1-7-12-17-20-25-30-37-49-62(52-39-51-61-50-38-40-55(61)6)58(45-33-26-21-23-28-35-47-59(63)65-53-56(41-15-10-4)43-31-18-13-8-2)46-34-27-22-24-29-36-48-60(64)66-54-57(42-16-11-5)44-32-19-14-9-3/h38,40,50,56-58H,7-37,39,41-49,51-54H2,1-6H3. The summed E-state index contributed by atoms with van der Waals surface area (Å²) < 4.78 is 14.1. The Morgan fingerprint density at radius 3 is 1.26 bits per heavy atom. The molecule has 0 bridgehead atoms. The average molecular weight is 928 g/mol. The summed E-state index contributed by atoms with van der Waals surface area (Å²) in [5, 5.41) is 0. The first-order chi connectivity index (χ1) is 32.4. The lowest BCUT2D eigenvalue weighted by atomic mass is 9.96. The van der Waals surface area contributed by atoms with Gasteiger partial charge in [0.15, 0.2) is 0 Å². The van der Waals surface area contributed by atoms with Gasteiger partial charge in [-0.25, -0.2) is 0 Å². The van der Waals surface area contributed by atoms with Crippen LogP contribution in [0.2, 0.25) is 0 Å². The summed E-state index contributed by atoms with van der Waals surface area (Å²) in [6, 6.07) is 5.09. The predicted molar refractivity (Wildman–Crippen MR) is 286 cm³/mol. The van der Waals surface area contributed by atoms with Crippen LogP contribution in [-0.2, 0) is 25.6 Å². The zero-order valence-corrected chi connectivity index (χ0v) is 45.3. The van der Waals surface area contributed by atoms with Gasteiger partial charge in [0.25, 0.3) is 0 Å². The molecular weight excluding hydrogens is 813 g/mol. The van der Waals surface area contributed by atoms with Crippen molar-refractivity contribution in [3.05, 3.63) is 24.0 Å². The highest BCUT2D eigenvalue weighted by Gasteiger charge is 2.19. The Morgan fingerprint density at radius 1 is 0.455 bits per heavy atom. The Hall–Kier alpha value is -1.82. The van der Waals surface area contributed by atoms with Crippen molar-refractivity contribution in [1.82, 2.24) is 9.47 Å². The minimum atomic E-state index is 0.0236. The van der Waals surface area contributed by atoms with E-state index in [0.29, 0.717) is 43.9 Å². The van der Waals surface area contributed by atoms with Crippen LogP contribution in [-0.4, -0.2) is 53.8 Å². The number of rotatable bonds is 51. The normalized spacial score (nSPS) is 13.1. The topological polar surface area (TPSA) is 60.8 Å². The number of carbonyl (C=O) groups excluding carboxylic acids is 2. The summed E-state index contributed by atoms with van der Waals surface area (Å²) in [5.74, 6) is 1.13. The van der Waals surface area contributed by atoms with Gasteiger partial charge < -0.3 is 18.9 Å². The van der Waals surface area contributed by atoms with Crippen LogP contribution in [0, 0.1) is 18.8 Å². The molecular formula is C60H114N2O4. The van der Waals surface area contributed by atoms with Gasteiger partial charge >= 0.3 is 11.9 Å². The molecule has 0 aromatic carbocycles. The van der Waals surface area contributed by atoms with Crippen molar-refractivity contribution in [1.29, 1.82) is 0 Å². The van der Waals surface area contributed by atoms with Crippen LogP contribution in [0.1, 0.15) is 297 Å². The minimum absolute atomic E-state index is 0.0236. The number of aromatic nitrogens is 1. The van der Waals surface area contributed by atoms with Gasteiger partial charge in [-0.2, -0.15) is 0 Å². The van der Waals surface area contributed by atoms with Gasteiger partial charge in [0.1, 0.15) is 0 Å². The van der Waals surface area contributed by atoms with Gasteiger partial charge in [0, 0.05) is 43.9 Å². The highest BCUT2D eigenvalue weighted by atomic mass is 16.5. The Morgan fingerprint density at radius 2 is 0.818 bits per heavy atom. The Labute approximate surface area is 412 Å². The van der Waals surface area contributed by atoms with E-state index < -0.39 is 0 Å². The van der Waals surface area contributed by atoms with Crippen LogP contribution in [0.15, 0.2) is 18.3 Å². The second-order valence-electron chi connectivity index (χ2n) is 20.9. The lowest BCUT2D eigenvalue weighted by Gasteiger charge is -2.32. The molecule has 388 valence electrons. The van der Waals surface area contributed by atoms with Gasteiger partial charge in [-0.05, 0) is 102 Å². The van der Waals surface area contributed by atoms with Crippen LogP contribution in [0.3, 0.4) is 0 Å². The van der Waals surface area contributed by atoms with Crippen molar-refractivity contribution in [3.8, 4) is 0 Å². The van der Waals surface area contributed by atoms with E-state index in [0.717, 1.165) is 32.2 Å². The zero-order valence-electron chi connectivity index (χ0n) is 45.3. The van der Waals surface area contributed by atoms with E-state index in [1.54, 1.807) is 0 Å². The second kappa shape index (κ2) is 46.9. The molecule has 66 heavy (non-hydrogen) atoms. The fraction of sp³-hybridized carbons (Fsp3) is 0.900. The van der Waals surface area contributed by atoms with Gasteiger partial charge in [0.05, 0.1) is 13.2 Å². The van der Waals surface area contributed by atoms with Gasteiger partial charge in [0.2, 0.25) is 0 Å². The molecule has 0 aliphatic rings. The molecule has 0 radical (unpaired) electrons. The van der Waals surface area contributed by atoms with Crippen LogP contribution in [0.4, 0.5) is 0 Å². The average Bonchev–Trinajstić information content (AvgIpc) is 3.74. The minimum Gasteiger partial charge on any atom is -0.465 e. The maximum atomic E-state index is 12.6. The zero-order chi connectivity index (χ0) is 48.0. The van der Waals surface area contributed by atoms with Gasteiger partial charge in [-0.15, -0.1) is 0 Å². The third kappa shape index (κ3) is 37.1. The SMILES string of the molecule is CCCCCCCCCN(CCCn1cccc1C)C(CCCCCCCCC(=O)OCC(CCCC)CCCCCC)CCCCCCCCC(=O)OCC(CCCC)CCCCCC. The molecule has 6 nitrogen and oxygen atoms in total. The first-order valence-electron chi connectivity index (χ1n) is 29.5. The molecule has 0 aliphatic heterocycles. The molecule has 0 fully saturated rings. The van der Waals surface area contributed by atoms with E-state index in [9.17, 15) is 9.59 Å². The van der Waals surface area contributed by atoms with Gasteiger partial charge in [-0.3, -0.25) is 9.59 Å². The molecule has 0 saturated carbocycles. The molecule has 0 aliphatic carbocycles. The molecule has 2 unspecified atom stereocenters. The molecule has 6 heteroatoms. The number of unbranched alkanes of at least 4 members (excludes halogenated alkanes) is 24. The number of hydrogen-bond acceptors (Lipinski definition) is 5. The number of nitrogens with zero attached hydrogens (tertiary/aromatic N) is 2. The molecule has 1 aromatic heterocycles. The summed E-state index contributed by atoms with van der Waals surface area (Å²) in [5.41, 5.74) is 1.37. The Bertz CT molecular complexity index is 1130. The van der Waals surface area contributed by atoms with Crippen molar-refractivity contribution in [3.63, 3.8) is 0 Å². The maximum absolute atomic E-state index is 12.6. The molecule has 1 rings (SSSR count). The molecule has 1 aromatic rings. The number of hydrogen-bond donors (Lipinski definition) is 0. The number of carbonyl (C=O) groups is 2. The van der Waals surface area contributed by atoms with Gasteiger partial charge in [-0.1, -0.05) is 214 Å². The van der Waals surface area contributed by atoms with E-state index in [1.807, 2.05) is 0 Å². The smallest absolute Gasteiger partial charge is 0.305 e. The molecule has 0 spiro atoms. The molecule has 0 saturated heterocycles. The molecule has 1 heterocycles. The number of ether oxygens (including phenoxy) is 2. The van der Waals surface area contributed by atoms with Crippen LogP contribution < -0.4 is 0 Å². The lowest BCUT2D eigenvalue weighted by molar-refractivity contribution is -0.146. The maximum Gasteiger partial charge on any atom is 0.305 e. The summed E-state index contributed by atoms with van der Waals surface area (Å²) in [7, 11) is 0. The van der Waals surface area contributed by atoms with E-state index >= 15 is 0 Å². The fourth-order valence-corrected chi connectivity index (χ4v) is 10.1. The Balaban J connectivity index is 2.61. The van der Waals surface area contributed by atoms with Crippen LogP contribution >= 0.6 is 0 Å². The highest BCUT2D eigenvalue weighted by molar-refractivity contribution is 5.69. The molecule has 0 N–H and O–H groups in total. The predicted octanol–water partition coefficient (Wildman–Crippen LogP) is 18.5. The molecule has 2 atom stereocenters. The van der Waals surface area contributed by atoms with E-state index in [4.69, 9.17) is 9.47 Å². The third-order valence-electron chi connectivity index (χ3n) is 14.6. The Kier molecular flexibility index (Phi) is 44.2. The molecule has 0 amide bonds. The van der Waals surface area contributed by atoms with E-state index in [-0.39, 0.29) is 11.9 Å². The monoisotopic (exact) mass is 927 g/mol. The summed E-state index contributed by atoms with van der Waals surface area (Å²) in [6.45, 7) is 18.4. The van der Waals surface area contributed by atoms with Crippen molar-refractivity contribution in [2.24, 2.45) is 11.8 Å². The van der Waals surface area contributed by atoms with Crippen molar-refractivity contribution < 1.29 is 19.1 Å². The fourth-order valence-electron chi connectivity index (χ4n) is 10.1. The summed E-state index contributed by atoms with van der Waals surface area (Å²) in [4.78, 5) is 28.2. The van der Waals surface area contributed by atoms with Crippen molar-refractivity contribution in [2.75, 3.05) is 26.3 Å². The second-order valence-corrected chi connectivity index (χ2v) is 20.9. The quantitative estimate of drug-likeness (QED) is 0.0481. The largest absolute Gasteiger partial charge is 0.465 e. The van der Waals surface area contributed by atoms with Crippen molar-refractivity contribution >= 4 is 11.9 Å². The number of esters is 2. The van der Waals surface area contributed by atoms with E-state index in [1.165, 1.54) is 237 Å². The first-order valence-corrected chi connectivity index (χ1v) is 29.5. The van der Waals surface area contributed by atoms with Crippen LogP contribution in [0.5, 0.6) is 0 Å². The van der Waals surface area contributed by atoms with Crippen LogP contribution in [0.25, 0.3) is 0 Å². The summed E-state index contributed by atoms with van der Waals surface area (Å²) in [6.07, 6.45) is 51.3. The number of aryl methyl sites for hydroxylation is 2. The first kappa shape index (κ1) is 62.2. The third-order valence-corrected chi connectivity index (χ3v) is 14.6. The van der Waals surface area contributed by atoms with E-state index in [2.05, 4.69) is 69.3 Å². The lowest BCUT2D eigenvalue weighted by Crippen LogP contribution is -2.37.